The Morgan fingerprint density at radius 3 is 2.83 bits per heavy atom. The van der Waals surface area contributed by atoms with Crippen LogP contribution in [0.15, 0.2) is 36.4 Å². The van der Waals surface area contributed by atoms with Crippen LogP contribution < -0.4 is 5.32 Å². The highest BCUT2D eigenvalue weighted by Crippen LogP contribution is 2.11. The van der Waals surface area contributed by atoms with Crippen LogP contribution in [0.3, 0.4) is 0 Å². The smallest absolute Gasteiger partial charge is 0.146 e. The molecule has 1 nitrogen and oxygen atoms in total. The molecule has 12 heavy (non-hydrogen) atoms. The van der Waals surface area contributed by atoms with Crippen LogP contribution in [0.5, 0.6) is 0 Å². The maximum atomic E-state index is 12.9. The van der Waals surface area contributed by atoms with E-state index in [1.807, 2.05) is 19.1 Å². The Morgan fingerprint density at radius 1 is 1.42 bits per heavy atom. The zero-order valence-electron chi connectivity index (χ0n) is 7.05. The van der Waals surface area contributed by atoms with E-state index >= 15 is 0 Å². The second kappa shape index (κ2) is 4.54. The van der Waals surface area contributed by atoms with Gasteiger partial charge in [0.1, 0.15) is 5.82 Å². The van der Waals surface area contributed by atoms with Gasteiger partial charge in [-0.25, -0.2) is 4.39 Å². The third kappa shape index (κ3) is 2.38. The quantitative estimate of drug-likeness (QED) is 0.679. The summed E-state index contributed by atoms with van der Waals surface area (Å²) in [5, 5.41) is 2.95. The van der Waals surface area contributed by atoms with Crippen molar-refractivity contribution in [3.63, 3.8) is 0 Å². The van der Waals surface area contributed by atoms with Crippen LogP contribution in [0, 0.1) is 5.82 Å². The van der Waals surface area contributed by atoms with Crippen molar-refractivity contribution >= 4 is 5.69 Å². The SMILES string of the molecule is C/C=C\CNc1ccccc1F. The largest absolute Gasteiger partial charge is 0.379 e. The number of nitrogens with one attached hydrogen (secondary N) is 1. The van der Waals surface area contributed by atoms with Crippen LogP contribution >= 0.6 is 0 Å². The Balaban J connectivity index is 2.57. The molecule has 0 atom stereocenters. The molecule has 0 amide bonds. The monoisotopic (exact) mass is 165 g/mol. The number of anilines is 1. The normalized spacial score (nSPS) is 10.5. The molecule has 0 saturated heterocycles. The van der Waals surface area contributed by atoms with Crippen molar-refractivity contribution in [3.05, 3.63) is 42.2 Å². The number of halogens is 1. The molecule has 1 rings (SSSR count). The van der Waals surface area contributed by atoms with E-state index in [4.69, 9.17) is 0 Å². The Kier molecular flexibility index (Phi) is 3.33. The molecule has 1 aromatic carbocycles. The highest BCUT2D eigenvalue weighted by atomic mass is 19.1. The van der Waals surface area contributed by atoms with E-state index in [9.17, 15) is 4.39 Å². The van der Waals surface area contributed by atoms with Crippen molar-refractivity contribution < 1.29 is 4.39 Å². The molecule has 1 N–H and O–H groups in total. The van der Waals surface area contributed by atoms with Gasteiger partial charge in [0.15, 0.2) is 0 Å². The first-order chi connectivity index (χ1) is 5.84. The van der Waals surface area contributed by atoms with E-state index in [0.717, 1.165) is 0 Å². The molecule has 0 aromatic heterocycles. The van der Waals surface area contributed by atoms with Crippen LogP contribution in [0.25, 0.3) is 0 Å². The summed E-state index contributed by atoms with van der Waals surface area (Å²) in [4.78, 5) is 0. The first-order valence-corrected chi connectivity index (χ1v) is 3.94. The molecular formula is C10H12FN. The summed E-state index contributed by atoms with van der Waals surface area (Å²) in [6.07, 6.45) is 3.86. The minimum Gasteiger partial charge on any atom is -0.379 e. The molecule has 2 heteroatoms. The van der Waals surface area contributed by atoms with Gasteiger partial charge in [-0.1, -0.05) is 24.3 Å². The number of para-hydroxylation sites is 1. The second-order valence-electron chi connectivity index (χ2n) is 2.43. The van der Waals surface area contributed by atoms with E-state index in [-0.39, 0.29) is 5.82 Å². The molecule has 0 aliphatic heterocycles. The number of rotatable bonds is 3. The topological polar surface area (TPSA) is 12.0 Å². The van der Waals surface area contributed by atoms with Crippen LogP contribution in [-0.4, -0.2) is 6.54 Å². The molecule has 0 aliphatic rings. The van der Waals surface area contributed by atoms with Crippen LogP contribution in [-0.2, 0) is 0 Å². The predicted octanol–water partition coefficient (Wildman–Crippen LogP) is 2.81. The molecule has 0 heterocycles. The van der Waals surface area contributed by atoms with Gasteiger partial charge in [-0.2, -0.15) is 0 Å². The maximum absolute atomic E-state index is 12.9. The Morgan fingerprint density at radius 2 is 2.17 bits per heavy atom. The molecule has 0 fully saturated rings. The Hall–Kier alpha value is -1.31. The zero-order valence-corrected chi connectivity index (χ0v) is 7.05. The zero-order chi connectivity index (χ0) is 8.81. The lowest BCUT2D eigenvalue weighted by atomic mass is 10.3. The van der Waals surface area contributed by atoms with Crippen molar-refractivity contribution in [1.29, 1.82) is 0 Å². The summed E-state index contributed by atoms with van der Waals surface area (Å²) < 4.78 is 12.9. The average Bonchev–Trinajstić information content (AvgIpc) is 2.09. The number of hydrogen-bond donors (Lipinski definition) is 1. The standard InChI is InChI=1S/C10H12FN/c1-2-3-8-12-10-7-5-4-6-9(10)11/h2-7,12H,8H2,1H3/b3-2-. The molecule has 64 valence electrons. The van der Waals surface area contributed by atoms with E-state index in [1.54, 1.807) is 18.2 Å². The van der Waals surface area contributed by atoms with E-state index in [2.05, 4.69) is 5.32 Å². The summed E-state index contributed by atoms with van der Waals surface area (Å²) in [5.41, 5.74) is 0.551. The molecule has 0 spiro atoms. The Labute approximate surface area is 71.9 Å². The summed E-state index contributed by atoms with van der Waals surface area (Å²) in [5.74, 6) is -0.206. The van der Waals surface area contributed by atoms with Crippen molar-refractivity contribution in [2.45, 2.75) is 6.92 Å². The first-order valence-electron chi connectivity index (χ1n) is 3.94. The third-order valence-electron chi connectivity index (χ3n) is 1.52. The van der Waals surface area contributed by atoms with Gasteiger partial charge < -0.3 is 5.32 Å². The van der Waals surface area contributed by atoms with Crippen LogP contribution in [0.4, 0.5) is 10.1 Å². The molecule has 0 unspecified atom stereocenters. The molecule has 0 bridgehead atoms. The van der Waals surface area contributed by atoms with Gasteiger partial charge in [0, 0.05) is 6.54 Å². The lowest BCUT2D eigenvalue weighted by Gasteiger charge is -2.03. The molecule has 0 radical (unpaired) electrons. The second-order valence-corrected chi connectivity index (χ2v) is 2.43. The van der Waals surface area contributed by atoms with Gasteiger partial charge in [-0.3, -0.25) is 0 Å². The van der Waals surface area contributed by atoms with Gasteiger partial charge in [0.05, 0.1) is 5.69 Å². The fourth-order valence-corrected chi connectivity index (χ4v) is 0.891. The fraction of sp³-hybridized carbons (Fsp3) is 0.200. The lowest BCUT2D eigenvalue weighted by molar-refractivity contribution is 0.631. The van der Waals surface area contributed by atoms with Crippen LogP contribution in [0.2, 0.25) is 0 Å². The third-order valence-corrected chi connectivity index (χ3v) is 1.52. The fourth-order valence-electron chi connectivity index (χ4n) is 0.891. The van der Waals surface area contributed by atoms with Crippen molar-refractivity contribution in [2.75, 3.05) is 11.9 Å². The van der Waals surface area contributed by atoms with Gasteiger partial charge >= 0.3 is 0 Å². The summed E-state index contributed by atoms with van der Waals surface area (Å²) in [6, 6.07) is 6.65. The molecule has 1 aromatic rings. The van der Waals surface area contributed by atoms with E-state index in [0.29, 0.717) is 12.2 Å². The molecular weight excluding hydrogens is 153 g/mol. The van der Waals surface area contributed by atoms with Crippen LogP contribution in [0.1, 0.15) is 6.92 Å². The average molecular weight is 165 g/mol. The summed E-state index contributed by atoms with van der Waals surface area (Å²) in [7, 11) is 0. The summed E-state index contributed by atoms with van der Waals surface area (Å²) in [6.45, 7) is 2.60. The number of hydrogen-bond acceptors (Lipinski definition) is 1. The molecule has 0 saturated carbocycles. The maximum Gasteiger partial charge on any atom is 0.146 e. The van der Waals surface area contributed by atoms with E-state index in [1.165, 1.54) is 6.07 Å². The van der Waals surface area contributed by atoms with Gasteiger partial charge in [-0.05, 0) is 19.1 Å². The van der Waals surface area contributed by atoms with Crippen molar-refractivity contribution in [3.8, 4) is 0 Å². The minimum atomic E-state index is -0.206. The highest BCUT2D eigenvalue weighted by Gasteiger charge is 1.95. The van der Waals surface area contributed by atoms with Gasteiger partial charge in [0.2, 0.25) is 0 Å². The Bertz CT molecular complexity index is 268. The van der Waals surface area contributed by atoms with Crippen molar-refractivity contribution in [1.82, 2.24) is 0 Å². The predicted molar refractivity (Wildman–Crippen MR) is 49.7 cm³/mol. The first kappa shape index (κ1) is 8.78. The van der Waals surface area contributed by atoms with Gasteiger partial charge in [0.25, 0.3) is 0 Å². The van der Waals surface area contributed by atoms with Gasteiger partial charge in [-0.15, -0.1) is 0 Å². The van der Waals surface area contributed by atoms with E-state index < -0.39 is 0 Å². The summed E-state index contributed by atoms with van der Waals surface area (Å²) >= 11 is 0. The minimum absolute atomic E-state index is 0.206. The van der Waals surface area contributed by atoms with Crippen molar-refractivity contribution in [2.24, 2.45) is 0 Å². The number of allylic oxidation sites excluding steroid dienone is 1. The molecule has 0 aliphatic carbocycles. The number of benzene rings is 1. The lowest BCUT2D eigenvalue weighted by Crippen LogP contribution is -1.99. The highest BCUT2D eigenvalue weighted by molar-refractivity contribution is 5.44.